The Bertz CT molecular complexity index is 558. The molecule has 0 heterocycles. The Labute approximate surface area is 141 Å². The molecule has 7 heteroatoms. The Balaban J connectivity index is 2.46. The lowest BCUT2D eigenvalue weighted by atomic mass is 10.2. The van der Waals surface area contributed by atoms with Gasteiger partial charge in [-0.05, 0) is 42.9 Å². The number of hydrazine groups is 1. The van der Waals surface area contributed by atoms with Crippen molar-refractivity contribution in [2.24, 2.45) is 0 Å². The summed E-state index contributed by atoms with van der Waals surface area (Å²) < 4.78 is 0. The number of unbranched alkanes of at least 4 members (excludes halogenated alkanes) is 1. The summed E-state index contributed by atoms with van der Waals surface area (Å²) in [6.45, 7) is 6.10. The van der Waals surface area contributed by atoms with Crippen molar-refractivity contribution >= 4 is 34.8 Å². The summed E-state index contributed by atoms with van der Waals surface area (Å²) in [5.74, 6) is -0.346. The van der Waals surface area contributed by atoms with E-state index in [0.29, 0.717) is 29.3 Å². The summed E-state index contributed by atoms with van der Waals surface area (Å²) in [4.78, 5) is 23.6. The normalized spacial score (nSPS) is 9.61. The second-order valence-electron chi connectivity index (χ2n) is 4.81. The van der Waals surface area contributed by atoms with Crippen LogP contribution in [0.3, 0.4) is 0 Å². The predicted molar refractivity (Wildman–Crippen MR) is 96.0 cm³/mol. The van der Waals surface area contributed by atoms with E-state index >= 15 is 0 Å². The molecule has 0 radical (unpaired) electrons. The first-order valence-electron chi connectivity index (χ1n) is 7.41. The van der Waals surface area contributed by atoms with Gasteiger partial charge in [0.25, 0.3) is 5.91 Å². The van der Waals surface area contributed by atoms with Crippen LogP contribution >= 0.6 is 12.2 Å². The van der Waals surface area contributed by atoms with Gasteiger partial charge >= 0.3 is 0 Å². The summed E-state index contributed by atoms with van der Waals surface area (Å²) in [6.07, 6.45) is 3.99. The van der Waals surface area contributed by atoms with E-state index < -0.39 is 0 Å². The summed E-state index contributed by atoms with van der Waals surface area (Å²) in [6, 6.07) is 6.64. The van der Waals surface area contributed by atoms with Gasteiger partial charge in [-0.25, -0.2) is 0 Å². The van der Waals surface area contributed by atoms with Gasteiger partial charge in [-0.15, -0.1) is 6.58 Å². The lowest BCUT2D eigenvalue weighted by Crippen LogP contribution is -2.46. The molecule has 0 saturated carbocycles. The fourth-order valence-corrected chi connectivity index (χ4v) is 1.79. The molecule has 0 fully saturated rings. The molecule has 0 aliphatic heterocycles. The third kappa shape index (κ3) is 7.42. The number of nitrogens with one attached hydrogen (secondary N) is 4. The van der Waals surface area contributed by atoms with Crippen LogP contribution in [0.25, 0.3) is 0 Å². The minimum Gasteiger partial charge on any atom is -0.358 e. The molecule has 124 valence electrons. The van der Waals surface area contributed by atoms with Crippen LogP contribution in [0.5, 0.6) is 0 Å². The quantitative estimate of drug-likeness (QED) is 0.349. The number of hydrogen-bond acceptors (Lipinski definition) is 3. The molecule has 23 heavy (non-hydrogen) atoms. The van der Waals surface area contributed by atoms with E-state index in [1.54, 1.807) is 30.3 Å². The van der Waals surface area contributed by atoms with Crippen LogP contribution in [0, 0.1) is 0 Å². The average Bonchev–Trinajstić information content (AvgIpc) is 2.56. The van der Waals surface area contributed by atoms with Crippen LogP contribution < -0.4 is 21.5 Å². The van der Waals surface area contributed by atoms with Gasteiger partial charge in [0.15, 0.2) is 5.11 Å². The highest BCUT2D eigenvalue weighted by molar-refractivity contribution is 7.80. The highest BCUT2D eigenvalue weighted by Crippen LogP contribution is 2.10. The maximum atomic E-state index is 11.9. The van der Waals surface area contributed by atoms with Gasteiger partial charge in [0.05, 0.1) is 0 Å². The number of anilines is 1. The zero-order valence-electron chi connectivity index (χ0n) is 13.1. The molecule has 0 spiro atoms. The molecule has 4 N–H and O–H groups in total. The molecule has 0 aliphatic carbocycles. The molecule has 0 aliphatic rings. The van der Waals surface area contributed by atoms with E-state index in [4.69, 9.17) is 12.2 Å². The lowest BCUT2D eigenvalue weighted by Gasteiger charge is -2.10. The third-order valence-electron chi connectivity index (χ3n) is 2.88. The Morgan fingerprint density at radius 3 is 2.52 bits per heavy atom. The molecule has 2 amide bonds. The number of benzene rings is 1. The Hall–Kier alpha value is -2.41. The zero-order chi connectivity index (χ0) is 17.1. The predicted octanol–water partition coefficient (Wildman–Crippen LogP) is 2.11. The lowest BCUT2D eigenvalue weighted by molar-refractivity contribution is -0.116. The Morgan fingerprint density at radius 1 is 1.22 bits per heavy atom. The maximum Gasteiger partial charge on any atom is 0.269 e. The van der Waals surface area contributed by atoms with E-state index in [2.05, 4.69) is 28.1 Å². The van der Waals surface area contributed by atoms with Crippen molar-refractivity contribution in [2.45, 2.75) is 26.2 Å². The van der Waals surface area contributed by atoms with Crippen LogP contribution in [0.4, 0.5) is 5.69 Å². The first kappa shape index (κ1) is 18.6. The number of hydrogen-bond donors (Lipinski definition) is 4. The van der Waals surface area contributed by atoms with Gasteiger partial charge in [0, 0.05) is 24.2 Å². The molecule has 6 nitrogen and oxygen atoms in total. The number of carbonyl (C=O) groups excluding carboxylic acids is 2. The van der Waals surface area contributed by atoms with Crippen molar-refractivity contribution in [3.05, 3.63) is 42.5 Å². The van der Waals surface area contributed by atoms with Crippen molar-refractivity contribution in [2.75, 3.05) is 11.9 Å². The van der Waals surface area contributed by atoms with Crippen molar-refractivity contribution in [1.29, 1.82) is 0 Å². The molecule has 1 rings (SSSR count). The Morgan fingerprint density at radius 2 is 1.91 bits per heavy atom. The van der Waals surface area contributed by atoms with E-state index in [0.717, 1.165) is 12.8 Å². The molecule has 1 aromatic rings. The van der Waals surface area contributed by atoms with Gasteiger partial charge in [-0.1, -0.05) is 19.4 Å². The molecular formula is C16H22N4O2S. The third-order valence-corrected chi connectivity index (χ3v) is 3.13. The van der Waals surface area contributed by atoms with Crippen LogP contribution in [-0.2, 0) is 4.79 Å². The second-order valence-corrected chi connectivity index (χ2v) is 5.22. The monoisotopic (exact) mass is 334 g/mol. The fourth-order valence-electron chi connectivity index (χ4n) is 1.66. The van der Waals surface area contributed by atoms with Crippen LogP contribution in [-0.4, -0.2) is 23.5 Å². The number of rotatable bonds is 7. The molecule has 0 unspecified atom stereocenters. The molecule has 1 aromatic carbocycles. The van der Waals surface area contributed by atoms with E-state index in [1.165, 1.54) is 0 Å². The van der Waals surface area contributed by atoms with Gasteiger partial charge in [0.2, 0.25) is 5.91 Å². The SMILES string of the molecule is C=CCNC(=S)NNC(=O)c1ccc(NC(=O)CCCC)cc1. The molecule has 0 saturated heterocycles. The summed E-state index contributed by atoms with van der Waals surface area (Å²) in [5.41, 5.74) is 6.19. The second kappa shape index (κ2) is 10.3. The Kier molecular flexibility index (Phi) is 8.38. The zero-order valence-corrected chi connectivity index (χ0v) is 14.0. The number of amides is 2. The van der Waals surface area contributed by atoms with Crippen molar-refractivity contribution < 1.29 is 9.59 Å². The van der Waals surface area contributed by atoms with E-state index in [1.807, 2.05) is 6.92 Å². The largest absolute Gasteiger partial charge is 0.358 e. The van der Waals surface area contributed by atoms with Crippen molar-refractivity contribution in [3.8, 4) is 0 Å². The summed E-state index contributed by atoms with van der Waals surface area (Å²) in [7, 11) is 0. The smallest absolute Gasteiger partial charge is 0.269 e. The van der Waals surface area contributed by atoms with E-state index in [9.17, 15) is 9.59 Å². The minimum atomic E-state index is -0.323. The molecule has 0 atom stereocenters. The summed E-state index contributed by atoms with van der Waals surface area (Å²) in [5, 5.41) is 5.92. The van der Waals surface area contributed by atoms with Crippen LogP contribution in [0.15, 0.2) is 36.9 Å². The standard InChI is InChI=1S/C16H22N4O2S/c1-3-5-6-14(21)18-13-9-7-12(8-10-13)15(22)19-20-16(23)17-11-4-2/h4,7-10H,2-3,5-6,11H2,1H3,(H,18,21)(H,19,22)(H2,17,20,23). The molecule has 0 aromatic heterocycles. The minimum absolute atomic E-state index is 0.0237. The summed E-state index contributed by atoms with van der Waals surface area (Å²) >= 11 is 4.96. The molecular weight excluding hydrogens is 312 g/mol. The van der Waals surface area contributed by atoms with Crippen LogP contribution in [0.2, 0.25) is 0 Å². The topological polar surface area (TPSA) is 82.3 Å². The number of thiocarbonyl (C=S) groups is 1. The highest BCUT2D eigenvalue weighted by atomic mass is 32.1. The first-order valence-corrected chi connectivity index (χ1v) is 7.82. The number of carbonyl (C=O) groups is 2. The first-order chi connectivity index (χ1) is 11.1. The molecule has 0 bridgehead atoms. The van der Waals surface area contributed by atoms with Gasteiger partial charge < -0.3 is 10.6 Å². The maximum absolute atomic E-state index is 11.9. The van der Waals surface area contributed by atoms with Crippen LogP contribution in [0.1, 0.15) is 36.5 Å². The van der Waals surface area contributed by atoms with Gasteiger partial charge in [-0.3, -0.25) is 20.4 Å². The van der Waals surface area contributed by atoms with E-state index in [-0.39, 0.29) is 11.8 Å². The van der Waals surface area contributed by atoms with Gasteiger partial charge in [0.1, 0.15) is 0 Å². The van der Waals surface area contributed by atoms with Gasteiger partial charge in [-0.2, -0.15) is 0 Å². The average molecular weight is 334 g/mol. The highest BCUT2D eigenvalue weighted by Gasteiger charge is 2.06. The fraction of sp³-hybridized carbons (Fsp3) is 0.312. The van der Waals surface area contributed by atoms with Crippen molar-refractivity contribution in [1.82, 2.24) is 16.2 Å². The van der Waals surface area contributed by atoms with Crippen molar-refractivity contribution in [3.63, 3.8) is 0 Å².